The van der Waals surface area contributed by atoms with Gasteiger partial charge in [0.05, 0.1) is 16.2 Å². The molecule has 0 aromatic heterocycles. The van der Waals surface area contributed by atoms with E-state index in [9.17, 15) is 38.0 Å². The molecule has 0 aliphatic carbocycles. The molecule has 0 radical (unpaired) electrons. The van der Waals surface area contributed by atoms with Crippen molar-refractivity contribution in [1.82, 2.24) is 0 Å². The molecule has 0 atom stereocenters. The minimum Gasteiger partial charge on any atom is -0.464 e. The fourth-order valence-corrected chi connectivity index (χ4v) is 2.75. The van der Waals surface area contributed by atoms with Crippen molar-refractivity contribution < 1.29 is 41.9 Å². The number of carboxylic acid groups (broad SMARTS) is 1. The van der Waals surface area contributed by atoms with Crippen molar-refractivity contribution >= 4 is 34.9 Å². The Morgan fingerprint density at radius 2 is 1.61 bits per heavy atom. The van der Waals surface area contributed by atoms with Crippen molar-refractivity contribution in [1.29, 1.82) is 0 Å². The van der Waals surface area contributed by atoms with Gasteiger partial charge in [0.2, 0.25) is 0 Å². The lowest BCUT2D eigenvalue weighted by Crippen LogP contribution is -2.41. The van der Waals surface area contributed by atoms with E-state index in [1.165, 1.54) is 27.8 Å². The van der Waals surface area contributed by atoms with Gasteiger partial charge in [-0.1, -0.05) is 0 Å². The van der Waals surface area contributed by atoms with Crippen molar-refractivity contribution in [2.45, 2.75) is 32.5 Å². The van der Waals surface area contributed by atoms with E-state index < -0.39 is 57.3 Å². The number of hydrogen-bond acceptors (Lipinski definition) is 6. The zero-order valence-corrected chi connectivity index (χ0v) is 17.8. The van der Waals surface area contributed by atoms with Gasteiger partial charge in [-0.2, -0.15) is 18.1 Å². The number of carbonyl (C=O) groups excluding carboxylic acids is 1. The summed E-state index contributed by atoms with van der Waals surface area (Å²) < 4.78 is 58.8. The van der Waals surface area contributed by atoms with E-state index in [2.05, 4.69) is 0 Å². The molecule has 13 heteroatoms. The highest BCUT2D eigenvalue weighted by Crippen LogP contribution is 2.40. The molecule has 2 aromatic carbocycles. The third-order valence-corrected chi connectivity index (χ3v) is 4.21. The molecule has 178 valence electrons. The molecule has 2 aromatic rings. The minimum atomic E-state index is -4.60. The Morgan fingerprint density at radius 1 is 1.06 bits per heavy atom. The molecule has 0 aliphatic heterocycles. The molecule has 0 saturated carbocycles. The number of nitro groups is 1. The number of amides is 2. The van der Waals surface area contributed by atoms with Gasteiger partial charge in [0, 0.05) is 18.8 Å². The Labute approximate surface area is 184 Å². The quantitative estimate of drug-likeness (QED) is 0.332. The minimum absolute atomic E-state index is 0.0563. The van der Waals surface area contributed by atoms with Gasteiger partial charge in [0.1, 0.15) is 5.60 Å². The van der Waals surface area contributed by atoms with Gasteiger partial charge in [0.15, 0.2) is 11.5 Å². The number of carbonyl (C=O) groups is 2. The van der Waals surface area contributed by atoms with Gasteiger partial charge in [-0.05, 0) is 51.1 Å². The molecule has 0 fully saturated rings. The van der Waals surface area contributed by atoms with Crippen LogP contribution in [0.4, 0.5) is 49.9 Å². The van der Waals surface area contributed by atoms with E-state index in [-0.39, 0.29) is 10.6 Å². The Balaban J connectivity index is 2.64. The molecular weight excluding hydrogens is 454 g/mol. The standard InChI is InChI=1S/C20H19F4N3O6/c1-19(2,3)33-18(30)26(17(28)29)16-14(27(31)32)10-9-13(15(16)21)25(4)12-7-5-11(6-8-12)20(22,23)24/h5-10H,1-4H3,(H,28,29). The first-order chi connectivity index (χ1) is 15.0. The highest BCUT2D eigenvalue weighted by molar-refractivity contribution is 6.11. The van der Waals surface area contributed by atoms with Crippen molar-refractivity contribution in [2.24, 2.45) is 0 Å². The fourth-order valence-electron chi connectivity index (χ4n) is 2.75. The number of rotatable bonds is 4. The van der Waals surface area contributed by atoms with Crippen LogP contribution in [0.3, 0.4) is 0 Å². The number of alkyl halides is 3. The monoisotopic (exact) mass is 473 g/mol. The Morgan fingerprint density at radius 3 is 2.03 bits per heavy atom. The van der Waals surface area contributed by atoms with Gasteiger partial charge in [-0.3, -0.25) is 10.1 Å². The van der Waals surface area contributed by atoms with Crippen molar-refractivity contribution in [3.63, 3.8) is 0 Å². The van der Waals surface area contributed by atoms with Crippen LogP contribution >= 0.6 is 0 Å². The summed E-state index contributed by atoms with van der Waals surface area (Å²) in [5.41, 5.74) is -4.77. The predicted molar refractivity (Wildman–Crippen MR) is 109 cm³/mol. The molecule has 0 unspecified atom stereocenters. The average molecular weight is 473 g/mol. The van der Waals surface area contributed by atoms with Crippen LogP contribution in [0.15, 0.2) is 36.4 Å². The third kappa shape index (κ3) is 5.67. The molecule has 0 spiro atoms. The predicted octanol–water partition coefficient (Wildman–Crippen LogP) is 5.94. The van der Waals surface area contributed by atoms with Crippen LogP contribution in [0.2, 0.25) is 0 Å². The van der Waals surface area contributed by atoms with Crippen LogP contribution in [0.1, 0.15) is 26.3 Å². The molecular formula is C20H19F4N3O6. The van der Waals surface area contributed by atoms with E-state index in [1.807, 2.05) is 0 Å². The van der Waals surface area contributed by atoms with Gasteiger partial charge in [-0.15, -0.1) is 0 Å². The van der Waals surface area contributed by atoms with Gasteiger partial charge in [-0.25, -0.2) is 14.0 Å². The second kappa shape index (κ2) is 8.92. The lowest BCUT2D eigenvalue weighted by atomic mass is 10.1. The van der Waals surface area contributed by atoms with Gasteiger partial charge >= 0.3 is 18.4 Å². The highest BCUT2D eigenvalue weighted by Gasteiger charge is 2.38. The average Bonchev–Trinajstić information content (AvgIpc) is 2.66. The van der Waals surface area contributed by atoms with Gasteiger partial charge < -0.3 is 14.7 Å². The topological polar surface area (TPSA) is 113 Å². The van der Waals surface area contributed by atoms with Crippen LogP contribution in [0.25, 0.3) is 0 Å². The largest absolute Gasteiger partial charge is 0.464 e. The summed E-state index contributed by atoms with van der Waals surface area (Å²) in [7, 11) is 1.25. The highest BCUT2D eigenvalue weighted by atomic mass is 19.4. The molecule has 33 heavy (non-hydrogen) atoms. The van der Waals surface area contributed by atoms with Crippen molar-refractivity contribution in [3.8, 4) is 0 Å². The number of nitrogens with zero attached hydrogens (tertiary/aromatic N) is 3. The maximum Gasteiger partial charge on any atom is 0.424 e. The fraction of sp³-hybridized carbons (Fsp3) is 0.300. The molecule has 2 rings (SSSR count). The second-order valence-electron chi connectivity index (χ2n) is 7.73. The van der Waals surface area contributed by atoms with Crippen LogP contribution < -0.4 is 9.80 Å². The summed E-state index contributed by atoms with van der Waals surface area (Å²) in [6, 6.07) is 5.28. The Bertz CT molecular complexity index is 1080. The number of ether oxygens (including phenoxy) is 1. The summed E-state index contributed by atoms with van der Waals surface area (Å²) in [5, 5.41) is 20.9. The first-order valence-corrected chi connectivity index (χ1v) is 9.18. The second-order valence-corrected chi connectivity index (χ2v) is 7.73. The summed E-state index contributed by atoms with van der Waals surface area (Å²) in [6.07, 6.45) is -8.22. The molecule has 2 amide bonds. The number of hydrogen-bond donors (Lipinski definition) is 1. The van der Waals surface area contributed by atoms with E-state index in [4.69, 9.17) is 4.74 Å². The van der Waals surface area contributed by atoms with Crippen molar-refractivity contribution in [3.05, 3.63) is 57.9 Å². The zero-order chi connectivity index (χ0) is 25.3. The maximum atomic E-state index is 15.5. The number of halogens is 4. The molecule has 0 bridgehead atoms. The first kappa shape index (κ1) is 25.4. The summed E-state index contributed by atoms with van der Waals surface area (Å²) in [4.78, 5) is 35.3. The third-order valence-electron chi connectivity index (χ3n) is 4.21. The van der Waals surface area contributed by atoms with E-state index in [0.717, 1.165) is 41.3 Å². The molecule has 0 aliphatic rings. The summed E-state index contributed by atoms with van der Waals surface area (Å²) in [5.74, 6) is -1.47. The Kier molecular flexibility index (Phi) is 6.86. The van der Waals surface area contributed by atoms with E-state index >= 15 is 4.39 Å². The number of imide groups is 1. The van der Waals surface area contributed by atoms with Crippen LogP contribution in [0, 0.1) is 15.9 Å². The maximum absolute atomic E-state index is 15.5. The van der Waals surface area contributed by atoms with E-state index in [1.54, 1.807) is 0 Å². The number of nitro benzene ring substituents is 1. The summed E-state index contributed by atoms with van der Waals surface area (Å²) in [6.45, 7) is 4.22. The number of benzene rings is 2. The first-order valence-electron chi connectivity index (χ1n) is 9.18. The zero-order valence-electron chi connectivity index (χ0n) is 17.8. The number of anilines is 3. The van der Waals surface area contributed by atoms with E-state index in [0.29, 0.717) is 0 Å². The molecule has 0 heterocycles. The van der Waals surface area contributed by atoms with Gasteiger partial charge in [0.25, 0.3) is 5.69 Å². The molecule has 0 saturated heterocycles. The van der Waals surface area contributed by atoms with Crippen LogP contribution in [-0.4, -0.2) is 34.9 Å². The molecule has 1 N–H and O–H groups in total. The lowest BCUT2D eigenvalue weighted by molar-refractivity contribution is -0.384. The summed E-state index contributed by atoms with van der Waals surface area (Å²) >= 11 is 0. The molecule has 9 nitrogen and oxygen atoms in total. The van der Waals surface area contributed by atoms with Crippen molar-refractivity contribution in [2.75, 3.05) is 16.8 Å². The van der Waals surface area contributed by atoms with Crippen LogP contribution in [0.5, 0.6) is 0 Å². The van der Waals surface area contributed by atoms with Crippen LogP contribution in [-0.2, 0) is 10.9 Å². The Hall–Kier alpha value is -3.90. The smallest absolute Gasteiger partial charge is 0.424 e. The SMILES string of the molecule is CN(c1ccc(C(F)(F)F)cc1)c1ccc([N+](=O)[O-])c(N(C(=O)O)C(=O)OC(C)(C)C)c1F. The normalized spacial score (nSPS) is 11.6. The lowest BCUT2D eigenvalue weighted by Gasteiger charge is -2.26.